The molecule has 1 fully saturated rings. The number of amides is 2. The van der Waals surface area contributed by atoms with Gasteiger partial charge in [0, 0.05) is 19.0 Å². The number of ether oxygens (including phenoxy) is 2. The number of methoxy groups -OCH3 is 2. The van der Waals surface area contributed by atoms with Crippen LogP contribution >= 0.6 is 0 Å². The average Bonchev–Trinajstić information content (AvgIpc) is 2.80. The SMILES string of the molecule is COc1ccc(/C=C2/CCN(C(C)=O)C2=O)cc1OC. The van der Waals surface area contributed by atoms with Crippen LogP contribution in [-0.4, -0.2) is 37.5 Å². The van der Waals surface area contributed by atoms with Crippen LogP contribution in [0, 0.1) is 0 Å². The Morgan fingerprint density at radius 1 is 1.25 bits per heavy atom. The van der Waals surface area contributed by atoms with E-state index in [1.807, 2.05) is 6.07 Å². The third-order valence-electron chi connectivity index (χ3n) is 3.25. The lowest BCUT2D eigenvalue weighted by Gasteiger charge is -2.09. The maximum Gasteiger partial charge on any atom is 0.256 e. The normalized spacial score (nSPS) is 16.6. The monoisotopic (exact) mass is 275 g/mol. The van der Waals surface area contributed by atoms with E-state index in [4.69, 9.17) is 9.47 Å². The van der Waals surface area contributed by atoms with E-state index in [2.05, 4.69) is 0 Å². The Balaban J connectivity index is 2.28. The zero-order valence-electron chi connectivity index (χ0n) is 11.8. The van der Waals surface area contributed by atoms with E-state index in [0.29, 0.717) is 30.0 Å². The predicted octanol–water partition coefficient (Wildman–Crippen LogP) is 1.87. The molecule has 1 saturated heterocycles. The van der Waals surface area contributed by atoms with Gasteiger partial charge < -0.3 is 9.47 Å². The highest BCUT2D eigenvalue weighted by atomic mass is 16.5. The number of benzene rings is 1. The molecule has 1 aliphatic heterocycles. The maximum atomic E-state index is 12.0. The number of carbonyl (C=O) groups is 2. The number of imide groups is 1. The molecular formula is C15H17NO4. The summed E-state index contributed by atoms with van der Waals surface area (Å²) in [5.41, 5.74) is 1.48. The van der Waals surface area contributed by atoms with Gasteiger partial charge in [-0.25, -0.2) is 0 Å². The van der Waals surface area contributed by atoms with E-state index in [1.54, 1.807) is 32.4 Å². The first-order valence-electron chi connectivity index (χ1n) is 6.32. The molecule has 1 aliphatic rings. The lowest BCUT2D eigenvalue weighted by Crippen LogP contribution is -2.29. The Morgan fingerprint density at radius 3 is 2.50 bits per heavy atom. The van der Waals surface area contributed by atoms with Crippen molar-refractivity contribution in [1.82, 2.24) is 4.90 Å². The van der Waals surface area contributed by atoms with Crippen LogP contribution in [0.3, 0.4) is 0 Å². The van der Waals surface area contributed by atoms with Crippen molar-refractivity contribution in [3.63, 3.8) is 0 Å². The van der Waals surface area contributed by atoms with Crippen molar-refractivity contribution < 1.29 is 19.1 Å². The summed E-state index contributed by atoms with van der Waals surface area (Å²) in [5.74, 6) is 0.812. The Hall–Kier alpha value is -2.30. The molecule has 0 aliphatic carbocycles. The number of hydrogen-bond acceptors (Lipinski definition) is 4. The van der Waals surface area contributed by atoms with Gasteiger partial charge in [-0.1, -0.05) is 6.07 Å². The maximum absolute atomic E-state index is 12.0. The van der Waals surface area contributed by atoms with Crippen LogP contribution in [0.4, 0.5) is 0 Å². The van der Waals surface area contributed by atoms with Gasteiger partial charge in [0.25, 0.3) is 5.91 Å². The summed E-state index contributed by atoms with van der Waals surface area (Å²) in [4.78, 5) is 24.5. The standard InChI is InChI=1S/C15H17NO4/c1-10(17)16-7-6-12(15(16)18)8-11-4-5-13(19-2)14(9-11)20-3/h4-5,8-9H,6-7H2,1-3H3/b12-8-. The molecule has 1 aromatic rings. The highest BCUT2D eigenvalue weighted by Gasteiger charge is 2.28. The van der Waals surface area contributed by atoms with Crippen molar-refractivity contribution in [3.8, 4) is 11.5 Å². The Labute approximate surface area is 117 Å². The van der Waals surface area contributed by atoms with Gasteiger partial charge >= 0.3 is 0 Å². The first-order chi connectivity index (χ1) is 9.56. The molecule has 0 atom stereocenters. The highest BCUT2D eigenvalue weighted by Crippen LogP contribution is 2.29. The van der Waals surface area contributed by atoms with E-state index in [1.165, 1.54) is 11.8 Å². The molecule has 20 heavy (non-hydrogen) atoms. The van der Waals surface area contributed by atoms with E-state index >= 15 is 0 Å². The molecule has 2 rings (SSSR count). The molecule has 5 heteroatoms. The van der Waals surface area contributed by atoms with E-state index in [-0.39, 0.29) is 11.8 Å². The number of nitrogens with zero attached hydrogens (tertiary/aromatic N) is 1. The van der Waals surface area contributed by atoms with Gasteiger partial charge in [0.15, 0.2) is 11.5 Å². The first-order valence-corrected chi connectivity index (χ1v) is 6.32. The number of carbonyl (C=O) groups excluding carboxylic acids is 2. The second kappa shape index (κ2) is 5.77. The summed E-state index contributed by atoms with van der Waals surface area (Å²) in [7, 11) is 3.13. The van der Waals surface area contributed by atoms with Crippen molar-refractivity contribution in [2.75, 3.05) is 20.8 Å². The fourth-order valence-electron chi connectivity index (χ4n) is 2.19. The quantitative estimate of drug-likeness (QED) is 0.790. The van der Waals surface area contributed by atoms with E-state index < -0.39 is 0 Å². The first kappa shape index (κ1) is 14.1. The summed E-state index contributed by atoms with van der Waals surface area (Å²) >= 11 is 0. The number of hydrogen-bond donors (Lipinski definition) is 0. The van der Waals surface area contributed by atoms with Crippen LogP contribution in [-0.2, 0) is 9.59 Å². The molecule has 0 spiro atoms. The molecule has 0 unspecified atom stereocenters. The second-order valence-corrected chi connectivity index (χ2v) is 4.51. The fraction of sp³-hybridized carbons (Fsp3) is 0.333. The minimum absolute atomic E-state index is 0.215. The molecule has 0 N–H and O–H groups in total. The smallest absolute Gasteiger partial charge is 0.256 e. The predicted molar refractivity (Wildman–Crippen MR) is 74.5 cm³/mol. The summed E-state index contributed by atoms with van der Waals surface area (Å²) < 4.78 is 10.4. The summed E-state index contributed by atoms with van der Waals surface area (Å²) in [6, 6.07) is 5.43. The van der Waals surface area contributed by atoms with Gasteiger partial charge in [-0.3, -0.25) is 14.5 Å². The van der Waals surface area contributed by atoms with E-state index in [9.17, 15) is 9.59 Å². The molecule has 0 saturated carbocycles. The highest BCUT2D eigenvalue weighted by molar-refractivity contribution is 6.08. The number of likely N-dealkylation sites (tertiary alicyclic amines) is 1. The minimum atomic E-state index is -0.217. The summed E-state index contributed by atoms with van der Waals surface area (Å²) in [6.45, 7) is 1.85. The van der Waals surface area contributed by atoms with Gasteiger partial charge in [0.1, 0.15) is 0 Å². The molecular weight excluding hydrogens is 258 g/mol. The Morgan fingerprint density at radius 2 is 1.95 bits per heavy atom. The summed E-state index contributed by atoms with van der Waals surface area (Å²) in [5, 5.41) is 0. The van der Waals surface area contributed by atoms with Gasteiger partial charge in [-0.2, -0.15) is 0 Å². The van der Waals surface area contributed by atoms with E-state index in [0.717, 1.165) is 5.56 Å². The van der Waals surface area contributed by atoms with Crippen molar-refractivity contribution in [2.24, 2.45) is 0 Å². The molecule has 0 bridgehead atoms. The van der Waals surface area contributed by atoms with Crippen LogP contribution in [0.1, 0.15) is 18.9 Å². The molecule has 0 radical (unpaired) electrons. The summed E-state index contributed by atoms with van der Waals surface area (Å²) in [6.07, 6.45) is 2.36. The van der Waals surface area contributed by atoms with Gasteiger partial charge in [-0.05, 0) is 30.2 Å². The lowest BCUT2D eigenvalue weighted by molar-refractivity contribution is -0.138. The third kappa shape index (κ3) is 2.66. The van der Waals surface area contributed by atoms with Crippen molar-refractivity contribution in [2.45, 2.75) is 13.3 Å². The van der Waals surface area contributed by atoms with Crippen LogP contribution in [0.2, 0.25) is 0 Å². The molecule has 2 amide bonds. The number of rotatable bonds is 3. The van der Waals surface area contributed by atoms with Crippen LogP contribution in [0.15, 0.2) is 23.8 Å². The molecule has 5 nitrogen and oxygen atoms in total. The molecule has 106 valence electrons. The molecule has 1 aromatic carbocycles. The van der Waals surface area contributed by atoms with Gasteiger partial charge in [0.05, 0.1) is 14.2 Å². The topological polar surface area (TPSA) is 55.8 Å². The van der Waals surface area contributed by atoms with Crippen LogP contribution < -0.4 is 9.47 Å². The third-order valence-corrected chi connectivity index (χ3v) is 3.25. The molecule has 1 heterocycles. The zero-order chi connectivity index (χ0) is 14.7. The minimum Gasteiger partial charge on any atom is -0.493 e. The Kier molecular flexibility index (Phi) is 4.08. The lowest BCUT2D eigenvalue weighted by atomic mass is 10.1. The average molecular weight is 275 g/mol. The van der Waals surface area contributed by atoms with Crippen molar-refractivity contribution in [3.05, 3.63) is 29.3 Å². The zero-order valence-corrected chi connectivity index (χ0v) is 11.8. The fourth-order valence-corrected chi connectivity index (χ4v) is 2.19. The largest absolute Gasteiger partial charge is 0.493 e. The van der Waals surface area contributed by atoms with Gasteiger partial charge in [-0.15, -0.1) is 0 Å². The van der Waals surface area contributed by atoms with Crippen molar-refractivity contribution in [1.29, 1.82) is 0 Å². The van der Waals surface area contributed by atoms with Crippen LogP contribution in [0.5, 0.6) is 11.5 Å². The van der Waals surface area contributed by atoms with Crippen molar-refractivity contribution >= 4 is 17.9 Å². The molecule has 0 aromatic heterocycles. The van der Waals surface area contributed by atoms with Crippen LogP contribution in [0.25, 0.3) is 6.08 Å². The van der Waals surface area contributed by atoms with Gasteiger partial charge in [0.2, 0.25) is 5.91 Å². The Bertz CT molecular complexity index is 577. The second-order valence-electron chi connectivity index (χ2n) is 4.51.